The molecule has 23 heavy (non-hydrogen) atoms. The molecule has 2 fully saturated rings. The van der Waals surface area contributed by atoms with Crippen molar-refractivity contribution in [1.29, 1.82) is 0 Å². The maximum Gasteiger partial charge on any atom is 0.230 e. The van der Waals surface area contributed by atoms with Crippen LogP contribution in [0.25, 0.3) is 0 Å². The second kappa shape index (κ2) is 5.82. The fourth-order valence-electron chi connectivity index (χ4n) is 3.53. The smallest absolute Gasteiger partial charge is 0.230 e. The molecule has 0 spiro atoms. The number of carbonyl (C=O) groups is 1. The van der Waals surface area contributed by atoms with Crippen molar-refractivity contribution in [2.45, 2.75) is 56.6 Å². The van der Waals surface area contributed by atoms with E-state index in [1.165, 1.54) is 0 Å². The average Bonchev–Trinajstić information content (AvgIpc) is 3.28. The molecule has 4 nitrogen and oxygen atoms in total. The Morgan fingerprint density at radius 1 is 1.22 bits per heavy atom. The van der Waals surface area contributed by atoms with Crippen molar-refractivity contribution >= 4 is 11.6 Å². The highest BCUT2D eigenvalue weighted by atomic mass is 16.5. The first-order chi connectivity index (χ1) is 10.8. The zero-order valence-corrected chi connectivity index (χ0v) is 14.7. The van der Waals surface area contributed by atoms with Crippen molar-refractivity contribution in [3.05, 3.63) is 29.8 Å². The van der Waals surface area contributed by atoms with E-state index >= 15 is 0 Å². The summed E-state index contributed by atoms with van der Waals surface area (Å²) in [6.07, 6.45) is 3.69. The van der Waals surface area contributed by atoms with Crippen LogP contribution in [0.3, 0.4) is 0 Å². The number of anilines is 1. The highest BCUT2D eigenvalue weighted by Crippen LogP contribution is 2.49. The Hall–Kier alpha value is -1.55. The van der Waals surface area contributed by atoms with E-state index < -0.39 is 0 Å². The van der Waals surface area contributed by atoms with Gasteiger partial charge in [-0.3, -0.25) is 4.79 Å². The molecule has 0 aromatic heterocycles. The molecule has 1 amide bonds. The van der Waals surface area contributed by atoms with Crippen molar-refractivity contribution in [2.24, 2.45) is 0 Å². The number of ether oxygens (including phenoxy) is 1. The monoisotopic (exact) mass is 316 g/mol. The van der Waals surface area contributed by atoms with Gasteiger partial charge in [0.15, 0.2) is 0 Å². The third-order valence-electron chi connectivity index (χ3n) is 5.15. The molecule has 1 aliphatic heterocycles. The van der Waals surface area contributed by atoms with E-state index in [4.69, 9.17) is 4.74 Å². The Labute approximate surface area is 139 Å². The number of hydrogen-bond donors (Lipinski definition) is 1. The minimum Gasteiger partial charge on any atom is -0.378 e. The number of carbonyl (C=O) groups excluding carboxylic acids is 1. The maximum atomic E-state index is 12.9. The lowest BCUT2D eigenvalue weighted by molar-refractivity contribution is -0.126. The summed E-state index contributed by atoms with van der Waals surface area (Å²) in [5, 5.41) is 3.28. The zero-order valence-electron chi connectivity index (χ0n) is 14.7. The van der Waals surface area contributed by atoms with Crippen LogP contribution in [0.1, 0.15) is 45.1 Å². The van der Waals surface area contributed by atoms with Gasteiger partial charge in [-0.05, 0) is 57.2 Å². The van der Waals surface area contributed by atoms with Crippen LogP contribution >= 0.6 is 0 Å². The van der Waals surface area contributed by atoms with Crippen LogP contribution in [0.2, 0.25) is 0 Å². The van der Waals surface area contributed by atoms with Gasteiger partial charge in [-0.1, -0.05) is 12.1 Å². The standard InChI is InChI=1S/C19H28N2O2/c1-18(2)13-15(9-12-23-18)20-17(22)19(10-11-19)14-5-7-16(8-6-14)21(3)4/h5-8,15H,9-13H2,1-4H3,(H,20,22)/t15-/m0/s1. The van der Waals surface area contributed by atoms with Gasteiger partial charge < -0.3 is 15.0 Å². The fraction of sp³-hybridized carbons (Fsp3) is 0.632. The molecule has 1 aliphatic carbocycles. The van der Waals surface area contributed by atoms with Gasteiger partial charge in [0, 0.05) is 32.4 Å². The Morgan fingerprint density at radius 2 is 1.87 bits per heavy atom. The van der Waals surface area contributed by atoms with Gasteiger partial charge in [0.05, 0.1) is 11.0 Å². The number of nitrogens with one attached hydrogen (secondary N) is 1. The minimum absolute atomic E-state index is 0.139. The second-order valence-corrected chi connectivity index (χ2v) is 7.79. The summed E-state index contributed by atoms with van der Waals surface area (Å²) in [5.74, 6) is 0.192. The van der Waals surface area contributed by atoms with Crippen LogP contribution in [0, 0.1) is 0 Å². The summed E-state index contributed by atoms with van der Waals surface area (Å²) in [6, 6.07) is 8.64. The van der Waals surface area contributed by atoms with Gasteiger partial charge >= 0.3 is 0 Å². The first-order valence-corrected chi connectivity index (χ1v) is 8.55. The van der Waals surface area contributed by atoms with Crippen LogP contribution < -0.4 is 10.2 Å². The van der Waals surface area contributed by atoms with E-state index in [0.29, 0.717) is 0 Å². The van der Waals surface area contributed by atoms with Gasteiger partial charge in [0.2, 0.25) is 5.91 Å². The summed E-state index contributed by atoms with van der Waals surface area (Å²) < 4.78 is 5.74. The van der Waals surface area contributed by atoms with Gasteiger partial charge in [-0.15, -0.1) is 0 Å². The molecule has 126 valence electrons. The highest BCUT2D eigenvalue weighted by molar-refractivity contribution is 5.91. The van der Waals surface area contributed by atoms with E-state index in [2.05, 4.69) is 48.3 Å². The Morgan fingerprint density at radius 3 is 2.39 bits per heavy atom. The number of hydrogen-bond acceptors (Lipinski definition) is 3. The number of amides is 1. The minimum atomic E-state index is -0.298. The molecule has 0 radical (unpaired) electrons. The van der Waals surface area contributed by atoms with Crippen molar-refractivity contribution in [1.82, 2.24) is 5.32 Å². The SMILES string of the molecule is CN(C)c1ccc(C2(C(=O)N[C@H]3CCOC(C)(C)C3)CC2)cc1. The Kier molecular flexibility index (Phi) is 4.13. The average molecular weight is 316 g/mol. The molecule has 1 saturated heterocycles. The van der Waals surface area contributed by atoms with E-state index in [0.717, 1.165) is 43.5 Å². The molecule has 2 aliphatic rings. The van der Waals surface area contributed by atoms with Gasteiger partial charge in [-0.2, -0.15) is 0 Å². The summed E-state index contributed by atoms with van der Waals surface area (Å²) >= 11 is 0. The molecule has 0 bridgehead atoms. The Bertz CT molecular complexity index is 574. The first-order valence-electron chi connectivity index (χ1n) is 8.55. The van der Waals surface area contributed by atoms with Crippen molar-refractivity contribution in [3.8, 4) is 0 Å². The van der Waals surface area contributed by atoms with Crippen molar-refractivity contribution in [3.63, 3.8) is 0 Å². The van der Waals surface area contributed by atoms with E-state index in [1.54, 1.807) is 0 Å². The largest absolute Gasteiger partial charge is 0.378 e. The Balaban J connectivity index is 1.69. The molecule has 1 atom stereocenters. The first kappa shape index (κ1) is 16.3. The molecule has 1 N–H and O–H groups in total. The highest BCUT2D eigenvalue weighted by Gasteiger charge is 2.51. The lowest BCUT2D eigenvalue weighted by atomic mass is 9.91. The van der Waals surface area contributed by atoms with Crippen LogP contribution in [0.15, 0.2) is 24.3 Å². The molecule has 1 aromatic rings. The van der Waals surface area contributed by atoms with Crippen LogP contribution in [0.5, 0.6) is 0 Å². The van der Waals surface area contributed by atoms with Crippen LogP contribution in [-0.4, -0.2) is 38.3 Å². The van der Waals surface area contributed by atoms with E-state index in [9.17, 15) is 4.79 Å². The summed E-state index contributed by atoms with van der Waals surface area (Å²) in [7, 11) is 4.06. The predicted octanol–water partition coefficient (Wildman–Crippen LogP) is 2.86. The maximum absolute atomic E-state index is 12.9. The normalized spacial score (nSPS) is 24.8. The zero-order chi connectivity index (χ0) is 16.7. The van der Waals surface area contributed by atoms with E-state index in [-0.39, 0.29) is 23.0 Å². The molecule has 4 heteroatoms. The third-order valence-corrected chi connectivity index (χ3v) is 5.15. The number of nitrogens with zero attached hydrogens (tertiary/aromatic N) is 1. The molecule has 1 aromatic carbocycles. The lowest BCUT2D eigenvalue weighted by Gasteiger charge is -2.36. The third kappa shape index (κ3) is 3.37. The molecule has 1 heterocycles. The van der Waals surface area contributed by atoms with Crippen molar-refractivity contribution in [2.75, 3.05) is 25.6 Å². The molecular weight excluding hydrogens is 288 g/mol. The lowest BCUT2D eigenvalue weighted by Crippen LogP contribution is -2.48. The fourth-order valence-corrected chi connectivity index (χ4v) is 3.53. The van der Waals surface area contributed by atoms with Gasteiger partial charge in [0.25, 0.3) is 0 Å². The molecule has 1 saturated carbocycles. The number of rotatable bonds is 4. The molecule has 0 unspecified atom stereocenters. The predicted molar refractivity (Wildman–Crippen MR) is 92.9 cm³/mol. The molecule has 3 rings (SSSR count). The van der Waals surface area contributed by atoms with Crippen LogP contribution in [0.4, 0.5) is 5.69 Å². The number of benzene rings is 1. The molecular formula is C19H28N2O2. The van der Waals surface area contributed by atoms with Crippen molar-refractivity contribution < 1.29 is 9.53 Å². The van der Waals surface area contributed by atoms with Gasteiger partial charge in [0.1, 0.15) is 0 Å². The van der Waals surface area contributed by atoms with Gasteiger partial charge in [-0.25, -0.2) is 0 Å². The summed E-state index contributed by atoms with van der Waals surface area (Å²) in [5.41, 5.74) is 1.87. The second-order valence-electron chi connectivity index (χ2n) is 7.79. The topological polar surface area (TPSA) is 41.6 Å². The van der Waals surface area contributed by atoms with Crippen LogP contribution in [-0.2, 0) is 14.9 Å². The summed E-state index contributed by atoms with van der Waals surface area (Å²) in [6.45, 7) is 4.92. The van der Waals surface area contributed by atoms with E-state index in [1.807, 2.05) is 14.1 Å². The quantitative estimate of drug-likeness (QED) is 0.929. The summed E-state index contributed by atoms with van der Waals surface area (Å²) in [4.78, 5) is 14.9.